The molecular formula is C26H20ClNO2. The Morgan fingerprint density at radius 3 is 2.27 bits per heavy atom. The molecule has 2 aliphatic rings. The van der Waals surface area contributed by atoms with E-state index >= 15 is 0 Å². The van der Waals surface area contributed by atoms with Crippen LogP contribution in [0.4, 0.5) is 5.69 Å². The van der Waals surface area contributed by atoms with Gasteiger partial charge in [0.05, 0.1) is 18.2 Å². The third-order valence-corrected chi connectivity index (χ3v) is 5.76. The number of amides is 1. The maximum Gasteiger partial charge on any atom is 0.258 e. The molecule has 0 bridgehead atoms. The Balaban J connectivity index is 1.75. The lowest BCUT2D eigenvalue weighted by Crippen LogP contribution is -2.40. The fraction of sp³-hybridized carbons (Fsp3) is 0.115. The van der Waals surface area contributed by atoms with Crippen molar-refractivity contribution in [3.05, 3.63) is 118 Å². The van der Waals surface area contributed by atoms with Gasteiger partial charge >= 0.3 is 0 Å². The van der Waals surface area contributed by atoms with E-state index in [9.17, 15) is 4.79 Å². The largest absolute Gasteiger partial charge is 0.492 e. The zero-order valence-corrected chi connectivity index (χ0v) is 17.0. The molecule has 0 radical (unpaired) electrons. The number of ether oxygens (including phenoxy) is 1. The molecule has 2 heterocycles. The highest BCUT2D eigenvalue weighted by atomic mass is 35.5. The first kappa shape index (κ1) is 18.7. The quantitative estimate of drug-likeness (QED) is 0.512. The van der Waals surface area contributed by atoms with Crippen molar-refractivity contribution in [2.75, 3.05) is 11.5 Å². The molecule has 1 amide bonds. The van der Waals surface area contributed by atoms with Crippen LogP contribution in [0, 0.1) is 0 Å². The van der Waals surface area contributed by atoms with E-state index in [1.165, 1.54) is 0 Å². The van der Waals surface area contributed by atoms with E-state index in [4.69, 9.17) is 16.3 Å². The number of anilines is 1. The van der Waals surface area contributed by atoms with Gasteiger partial charge in [0.2, 0.25) is 0 Å². The Morgan fingerprint density at radius 2 is 1.57 bits per heavy atom. The molecule has 3 aromatic carbocycles. The molecule has 2 aliphatic heterocycles. The second-order valence-electron chi connectivity index (χ2n) is 7.38. The molecule has 0 saturated carbocycles. The third kappa shape index (κ3) is 3.31. The second-order valence-corrected chi connectivity index (χ2v) is 7.82. The lowest BCUT2D eigenvalue weighted by molar-refractivity contribution is -0.115. The highest BCUT2D eigenvalue weighted by molar-refractivity contribution is 6.30. The molecule has 4 heteroatoms. The Kier molecular flexibility index (Phi) is 4.89. The average Bonchev–Trinajstić information content (AvgIpc) is 3.28. The van der Waals surface area contributed by atoms with Gasteiger partial charge in [-0.3, -0.25) is 9.69 Å². The highest BCUT2D eigenvalue weighted by Crippen LogP contribution is 2.46. The van der Waals surface area contributed by atoms with Gasteiger partial charge in [0, 0.05) is 22.7 Å². The minimum absolute atomic E-state index is 0.00105. The fourth-order valence-corrected chi connectivity index (χ4v) is 4.27. The van der Waals surface area contributed by atoms with Gasteiger partial charge < -0.3 is 4.74 Å². The molecule has 1 atom stereocenters. The predicted molar refractivity (Wildman–Crippen MR) is 120 cm³/mol. The average molecular weight is 414 g/mol. The van der Waals surface area contributed by atoms with Crippen LogP contribution in [-0.2, 0) is 9.53 Å². The Bertz CT molecular complexity index is 1130. The number of halogens is 1. The van der Waals surface area contributed by atoms with E-state index < -0.39 is 0 Å². The molecule has 0 N–H and O–H groups in total. The van der Waals surface area contributed by atoms with Crippen LogP contribution in [0.3, 0.4) is 0 Å². The first-order valence-electron chi connectivity index (χ1n) is 9.99. The van der Waals surface area contributed by atoms with Gasteiger partial charge in [-0.1, -0.05) is 72.3 Å². The summed E-state index contributed by atoms with van der Waals surface area (Å²) >= 11 is 6.16. The number of benzene rings is 3. The van der Waals surface area contributed by atoms with Gasteiger partial charge in [-0.25, -0.2) is 0 Å². The summed E-state index contributed by atoms with van der Waals surface area (Å²) in [6, 6.07) is 27.3. The molecule has 0 aliphatic carbocycles. The third-order valence-electron chi connectivity index (χ3n) is 5.51. The first-order chi connectivity index (χ1) is 14.7. The normalized spacial score (nSPS) is 19.8. The molecule has 3 nitrogen and oxygen atoms in total. The van der Waals surface area contributed by atoms with Crippen LogP contribution in [0.5, 0.6) is 0 Å². The number of hydrogen-bond donors (Lipinski definition) is 0. The standard InChI is InChI=1S/C26H20ClNO2/c27-20-13-11-19(12-14-20)24-23(17-18-7-3-1-4-8-18)25-22(15-16-30-25)26(29)28(24)21-9-5-2-6-10-21/h1-14,17,24H,15-16H2/b23-17-. The number of nitrogens with zero attached hydrogens (tertiary/aromatic N) is 1. The van der Waals surface area contributed by atoms with Crippen molar-refractivity contribution < 1.29 is 9.53 Å². The van der Waals surface area contributed by atoms with E-state index in [2.05, 4.69) is 18.2 Å². The monoisotopic (exact) mass is 413 g/mol. The Hall–Kier alpha value is -3.30. The fourth-order valence-electron chi connectivity index (χ4n) is 4.15. The second kappa shape index (κ2) is 7.85. The smallest absolute Gasteiger partial charge is 0.258 e. The SMILES string of the molecule is O=C1C2=C(OCC2)/C(=C\c2ccccc2)C(c2ccc(Cl)cc2)N1c1ccccc1. The molecular weight excluding hydrogens is 394 g/mol. The summed E-state index contributed by atoms with van der Waals surface area (Å²) < 4.78 is 6.01. The summed E-state index contributed by atoms with van der Waals surface area (Å²) in [5.74, 6) is 0.717. The molecule has 1 unspecified atom stereocenters. The van der Waals surface area contributed by atoms with Gasteiger partial charge in [0.25, 0.3) is 5.91 Å². The topological polar surface area (TPSA) is 29.5 Å². The Morgan fingerprint density at radius 1 is 0.900 bits per heavy atom. The Labute approximate surface area is 180 Å². The zero-order valence-electron chi connectivity index (χ0n) is 16.3. The molecule has 30 heavy (non-hydrogen) atoms. The number of rotatable bonds is 3. The molecule has 0 aromatic heterocycles. The zero-order chi connectivity index (χ0) is 20.5. The van der Waals surface area contributed by atoms with Crippen LogP contribution in [0.25, 0.3) is 6.08 Å². The van der Waals surface area contributed by atoms with Gasteiger partial charge in [-0.15, -0.1) is 0 Å². The van der Waals surface area contributed by atoms with Gasteiger partial charge in [0.15, 0.2) is 0 Å². The van der Waals surface area contributed by atoms with E-state index in [1.807, 2.05) is 77.7 Å². The van der Waals surface area contributed by atoms with E-state index in [0.29, 0.717) is 18.1 Å². The molecule has 5 rings (SSSR count). The number of hydrogen-bond acceptors (Lipinski definition) is 2. The van der Waals surface area contributed by atoms with E-state index in [0.717, 1.165) is 33.7 Å². The van der Waals surface area contributed by atoms with Crippen molar-refractivity contribution in [2.45, 2.75) is 12.5 Å². The summed E-state index contributed by atoms with van der Waals surface area (Å²) in [5.41, 5.74) is 4.64. The maximum atomic E-state index is 13.6. The number of para-hydroxylation sites is 1. The minimum Gasteiger partial charge on any atom is -0.492 e. The van der Waals surface area contributed by atoms with Crippen molar-refractivity contribution in [3.8, 4) is 0 Å². The van der Waals surface area contributed by atoms with E-state index in [-0.39, 0.29) is 11.9 Å². The molecule has 148 valence electrons. The number of carbonyl (C=O) groups excluding carboxylic acids is 1. The lowest BCUT2D eigenvalue weighted by Gasteiger charge is -2.38. The first-order valence-corrected chi connectivity index (χ1v) is 10.4. The minimum atomic E-state index is -0.311. The van der Waals surface area contributed by atoms with Crippen LogP contribution < -0.4 is 4.90 Å². The molecule has 0 saturated heterocycles. The van der Waals surface area contributed by atoms with Crippen LogP contribution in [0.1, 0.15) is 23.6 Å². The van der Waals surface area contributed by atoms with Gasteiger partial charge in [-0.05, 0) is 41.5 Å². The van der Waals surface area contributed by atoms with Crippen molar-refractivity contribution in [1.29, 1.82) is 0 Å². The summed E-state index contributed by atoms with van der Waals surface area (Å²) in [6.45, 7) is 0.526. The van der Waals surface area contributed by atoms with E-state index in [1.54, 1.807) is 0 Å². The summed E-state index contributed by atoms with van der Waals surface area (Å²) in [4.78, 5) is 15.5. The van der Waals surface area contributed by atoms with Crippen LogP contribution in [0.15, 0.2) is 102 Å². The molecule has 3 aromatic rings. The van der Waals surface area contributed by atoms with Crippen molar-refractivity contribution in [3.63, 3.8) is 0 Å². The molecule has 0 spiro atoms. The van der Waals surface area contributed by atoms with Gasteiger partial charge in [-0.2, -0.15) is 0 Å². The van der Waals surface area contributed by atoms with Crippen LogP contribution >= 0.6 is 11.6 Å². The summed E-state index contributed by atoms with van der Waals surface area (Å²) in [5, 5.41) is 0.665. The predicted octanol–water partition coefficient (Wildman–Crippen LogP) is 6.19. The van der Waals surface area contributed by atoms with Crippen molar-refractivity contribution in [1.82, 2.24) is 0 Å². The molecule has 0 fully saturated rings. The van der Waals surface area contributed by atoms with Crippen molar-refractivity contribution >= 4 is 29.3 Å². The van der Waals surface area contributed by atoms with Gasteiger partial charge in [0.1, 0.15) is 5.76 Å². The maximum absolute atomic E-state index is 13.6. The van der Waals surface area contributed by atoms with Crippen LogP contribution in [0.2, 0.25) is 5.02 Å². The summed E-state index contributed by atoms with van der Waals surface area (Å²) in [6.07, 6.45) is 2.75. The van der Waals surface area contributed by atoms with Crippen molar-refractivity contribution in [2.24, 2.45) is 0 Å². The number of carbonyl (C=O) groups is 1. The highest BCUT2D eigenvalue weighted by Gasteiger charge is 2.42. The lowest BCUT2D eigenvalue weighted by atomic mass is 9.87. The van der Waals surface area contributed by atoms with Crippen LogP contribution in [-0.4, -0.2) is 12.5 Å². The summed E-state index contributed by atoms with van der Waals surface area (Å²) in [7, 11) is 0.